The molecule has 6 heteroatoms. The number of halogens is 6. The van der Waals surface area contributed by atoms with E-state index in [-0.39, 0.29) is 20.6 Å². The summed E-state index contributed by atoms with van der Waals surface area (Å²) in [5.41, 5.74) is -1.32. The Morgan fingerprint density at radius 2 is 1.60 bits per heavy atom. The molecule has 0 aliphatic heterocycles. The highest BCUT2D eigenvalue weighted by atomic mass is 35.5. The molecule has 15 heavy (non-hydrogen) atoms. The van der Waals surface area contributed by atoms with Crippen LogP contribution in [0, 0.1) is 0 Å². The summed E-state index contributed by atoms with van der Waals surface area (Å²) >= 11 is 16.8. The molecule has 1 rings (SSSR count). The molecule has 0 saturated carbocycles. The molecule has 0 bridgehead atoms. The second kappa shape index (κ2) is 4.24. The molecule has 0 atom stereocenters. The molecule has 82 valence electrons. The summed E-state index contributed by atoms with van der Waals surface area (Å²) in [5, 5.41) is -0.256. The van der Waals surface area contributed by atoms with Crippen molar-refractivity contribution in [3.63, 3.8) is 0 Å². The third-order valence-corrected chi connectivity index (χ3v) is 3.00. The second-order valence-corrected chi connectivity index (χ2v) is 3.86. The average Bonchev–Trinajstić information content (AvgIpc) is 2.12. The van der Waals surface area contributed by atoms with Gasteiger partial charge >= 0.3 is 6.18 Å². The first-order valence-electron chi connectivity index (χ1n) is 3.65. The standard InChI is InChI=1S/C9H4Cl3F3/c1-4(9(13,14)15)5-2-3-6(10)8(12)7(5)11/h2-3H,1H2. The largest absolute Gasteiger partial charge is 0.416 e. The highest BCUT2D eigenvalue weighted by molar-refractivity contribution is 6.48. The molecule has 0 aliphatic carbocycles. The molecule has 0 nitrogen and oxygen atoms in total. The molecule has 0 fully saturated rings. The Balaban J connectivity index is 3.29. The molecule has 0 aliphatic rings. The molecule has 0 amide bonds. The molecule has 0 saturated heterocycles. The van der Waals surface area contributed by atoms with Gasteiger partial charge in [0.25, 0.3) is 0 Å². The third-order valence-electron chi connectivity index (χ3n) is 1.70. The van der Waals surface area contributed by atoms with Crippen LogP contribution in [0.1, 0.15) is 5.56 Å². The highest BCUT2D eigenvalue weighted by Gasteiger charge is 2.34. The molecule has 0 spiro atoms. The lowest BCUT2D eigenvalue weighted by Gasteiger charge is -2.12. The van der Waals surface area contributed by atoms with Crippen molar-refractivity contribution in [2.24, 2.45) is 0 Å². The highest BCUT2D eigenvalue weighted by Crippen LogP contribution is 2.40. The van der Waals surface area contributed by atoms with Crippen LogP contribution in [0.15, 0.2) is 18.7 Å². The van der Waals surface area contributed by atoms with Crippen LogP contribution in [0.5, 0.6) is 0 Å². The number of hydrogen-bond acceptors (Lipinski definition) is 0. The van der Waals surface area contributed by atoms with Gasteiger partial charge in [0.2, 0.25) is 0 Å². The molecular formula is C9H4Cl3F3. The SMILES string of the molecule is C=C(c1ccc(Cl)c(Cl)c1Cl)C(F)(F)F. The zero-order chi connectivity index (χ0) is 11.8. The van der Waals surface area contributed by atoms with Crippen LogP contribution in [-0.4, -0.2) is 6.18 Å². The van der Waals surface area contributed by atoms with Gasteiger partial charge in [-0.15, -0.1) is 0 Å². The first-order valence-corrected chi connectivity index (χ1v) is 4.78. The van der Waals surface area contributed by atoms with Gasteiger partial charge in [0.15, 0.2) is 0 Å². The Labute approximate surface area is 99.2 Å². The van der Waals surface area contributed by atoms with Crippen LogP contribution in [0.4, 0.5) is 13.2 Å². The summed E-state index contributed by atoms with van der Waals surface area (Å²) < 4.78 is 36.9. The van der Waals surface area contributed by atoms with Crippen molar-refractivity contribution in [2.75, 3.05) is 0 Å². The minimum atomic E-state index is -4.54. The van der Waals surface area contributed by atoms with Crippen molar-refractivity contribution in [3.8, 4) is 0 Å². The van der Waals surface area contributed by atoms with E-state index in [1.807, 2.05) is 0 Å². The van der Waals surface area contributed by atoms with Gasteiger partial charge in [0.05, 0.1) is 20.6 Å². The molecule has 1 aromatic rings. The molecule has 0 radical (unpaired) electrons. The van der Waals surface area contributed by atoms with E-state index in [0.29, 0.717) is 0 Å². The van der Waals surface area contributed by atoms with E-state index >= 15 is 0 Å². The maximum atomic E-state index is 12.3. The van der Waals surface area contributed by atoms with Crippen LogP contribution >= 0.6 is 34.8 Å². The van der Waals surface area contributed by atoms with Crippen LogP contribution < -0.4 is 0 Å². The first-order chi connectivity index (χ1) is 6.75. The smallest absolute Gasteiger partial charge is 0.166 e. The normalized spacial score (nSPS) is 11.6. The van der Waals surface area contributed by atoms with Gasteiger partial charge in [-0.25, -0.2) is 0 Å². The molecule has 0 aromatic heterocycles. The van der Waals surface area contributed by atoms with E-state index < -0.39 is 11.7 Å². The summed E-state index contributed by atoms with van der Waals surface area (Å²) in [6, 6.07) is 2.37. The van der Waals surface area contributed by atoms with E-state index in [2.05, 4.69) is 6.58 Å². The van der Waals surface area contributed by atoms with E-state index in [9.17, 15) is 13.2 Å². The fraction of sp³-hybridized carbons (Fsp3) is 0.111. The van der Waals surface area contributed by atoms with Gasteiger partial charge in [-0.05, 0) is 6.07 Å². The number of hydrogen-bond donors (Lipinski definition) is 0. The number of allylic oxidation sites excluding steroid dienone is 1. The number of rotatable bonds is 1. The second-order valence-electron chi connectivity index (χ2n) is 2.70. The zero-order valence-corrected chi connectivity index (χ0v) is 9.40. The van der Waals surface area contributed by atoms with Gasteiger partial charge < -0.3 is 0 Å². The van der Waals surface area contributed by atoms with E-state index in [1.165, 1.54) is 6.07 Å². The van der Waals surface area contributed by atoms with Crippen LogP contribution in [-0.2, 0) is 0 Å². The molecule has 0 N–H and O–H groups in total. The van der Waals surface area contributed by atoms with Crippen LogP contribution in [0.3, 0.4) is 0 Å². The Bertz CT molecular complexity index is 410. The lowest BCUT2D eigenvalue weighted by atomic mass is 10.1. The molecule has 1 aromatic carbocycles. The minimum absolute atomic E-state index is 0.0976. The lowest BCUT2D eigenvalue weighted by Crippen LogP contribution is -2.09. The van der Waals surface area contributed by atoms with Crippen molar-refractivity contribution in [1.29, 1.82) is 0 Å². The van der Waals surface area contributed by atoms with E-state index in [0.717, 1.165) is 6.07 Å². The Morgan fingerprint density at radius 3 is 2.07 bits per heavy atom. The van der Waals surface area contributed by atoms with E-state index in [1.54, 1.807) is 0 Å². The monoisotopic (exact) mass is 274 g/mol. The minimum Gasteiger partial charge on any atom is -0.166 e. The number of benzene rings is 1. The maximum absolute atomic E-state index is 12.3. The lowest BCUT2D eigenvalue weighted by molar-refractivity contribution is -0.0686. The number of alkyl halides is 3. The Kier molecular flexibility index (Phi) is 3.59. The summed E-state index contributed by atoms with van der Waals surface area (Å²) in [5.74, 6) is 0. The fourth-order valence-corrected chi connectivity index (χ4v) is 1.56. The maximum Gasteiger partial charge on any atom is 0.416 e. The van der Waals surface area contributed by atoms with Gasteiger partial charge in [-0.1, -0.05) is 47.4 Å². The van der Waals surface area contributed by atoms with Crippen molar-refractivity contribution >= 4 is 40.4 Å². The van der Waals surface area contributed by atoms with Gasteiger partial charge in [0.1, 0.15) is 0 Å². The van der Waals surface area contributed by atoms with Crippen molar-refractivity contribution < 1.29 is 13.2 Å². The summed E-state index contributed by atoms with van der Waals surface area (Å²) in [4.78, 5) is 0. The molecule has 0 unspecified atom stereocenters. The summed E-state index contributed by atoms with van der Waals surface area (Å²) in [6.45, 7) is 2.92. The Morgan fingerprint density at radius 1 is 1.07 bits per heavy atom. The van der Waals surface area contributed by atoms with Gasteiger partial charge in [-0.3, -0.25) is 0 Å². The van der Waals surface area contributed by atoms with Crippen LogP contribution in [0.25, 0.3) is 5.57 Å². The molecule has 0 heterocycles. The van der Waals surface area contributed by atoms with Crippen molar-refractivity contribution in [1.82, 2.24) is 0 Å². The topological polar surface area (TPSA) is 0 Å². The summed E-state index contributed by atoms with van der Waals surface area (Å²) in [6.07, 6.45) is -4.54. The van der Waals surface area contributed by atoms with Crippen LogP contribution in [0.2, 0.25) is 15.1 Å². The first kappa shape index (κ1) is 12.7. The average molecular weight is 275 g/mol. The van der Waals surface area contributed by atoms with E-state index in [4.69, 9.17) is 34.8 Å². The quantitative estimate of drug-likeness (QED) is 0.616. The third kappa shape index (κ3) is 2.60. The predicted octanol–water partition coefficient (Wildman–Crippen LogP) is 5.22. The fourth-order valence-electron chi connectivity index (χ4n) is 0.912. The van der Waals surface area contributed by atoms with Crippen molar-refractivity contribution in [2.45, 2.75) is 6.18 Å². The summed E-state index contributed by atoms with van der Waals surface area (Å²) in [7, 11) is 0. The zero-order valence-electron chi connectivity index (χ0n) is 7.13. The Hall–Kier alpha value is -0.380. The van der Waals surface area contributed by atoms with Gasteiger partial charge in [0, 0.05) is 5.56 Å². The predicted molar refractivity (Wildman–Crippen MR) is 56.6 cm³/mol. The van der Waals surface area contributed by atoms with Gasteiger partial charge in [-0.2, -0.15) is 13.2 Å². The van der Waals surface area contributed by atoms with Crippen molar-refractivity contribution in [3.05, 3.63) is 39.3 Å². The molecular weight excluding hydrogens is 271 g/mol.